The Morgan fingerprint density at radius 3 is 1.81 bits per heavy atom. The molecule has 0 saturated heterocycles. The highest BCUT2D eigenvalue weighted by atomic mass is 32.3. The van der Waals surface area contributed by atoms with Gasteiger partial charge in [0, 0.05) is 0 Å². The maximum atomic E-state index is 10.5. The van der Waals surface area contributed by atoms with Crippen molar-refractivity contribution in [3.8, 4) is 0 Å². The predicted octanol–water partition coefficient (Wildman–Crippen LogP) is 0.211. The van der Waals surface area contributed by atoms with E-state index >= 15 is 0 Å². The molecule has 0 unspecified atom stereocenters. The van der Waals surface area contributed by atoms with E-state index in [1.54, 1.807) is 30.3 Å². The van der Waals surface area contributed by atoms with Crippen LogP contribution in [0.2, 0.25) is 0 Å². The van der Waals surface area contributed by atoms with Gasteiger partial charge in [-0.2, -0.15) is 16.8 Å². The number of hydrogen-bond acceptors (Lipinski definition) is 7. The van der Waals surface area contributed by atoms with E-state index in [0.29, 0.717) is 0 Å². The molecule has 0 radical (unpaired) electrons. The molecule has 0 aromatic heterocycles. The molecule has 0 aliphatic carbocycles. The van der Waals surface area contributed by atoms with Crippen LogP contribution < -0.4 is 0 Å². The minimum absolute atomic E-state index is 0.0230. The van der Waals surface area contributed by atoms with Crippen molar-refractivity contribution >= 4 is 20.8 Å². The van der Waals surface area contributed by atoms with Gasteiger partial charge in [-0.25, -0.2) is 8.37 Å². The zero-order valence-electron chi connectivity index (χ0n) is 10.7. The molecule has 0 spiro atoms. The van der Waals surface area contributed by atoms with E-state index in [4.69, 9.17) is 13.8 Å². The van der Waals surface area contributed by atoms with Crippen molar-refractivity contribution in [1.29, 1.82) is 0 Å². The lowest BCUT2D eigenvalue weighted by Gasteiger charge is -2.16. The van der Waals surface area contributed by atoms with Crippen LogP contribution in [0, 0.1) is 0 Å². The number of rotatable bonds is 9. The normalized spacial score (nSPS) is 12.7. The van der Waals surface area contributed by atoms with E-state index in [1.807, 2.05) is 0 Å². The van der Waals surface area contributed by atoms with Crippen LogP contribution in [0.15, 0.2) is 30.3 Å². The molecule has 0 amide bonds. The summed E-state index contributed by atoms with van der Waals surface area (Å²) < 4.78 is 72.3. The summed E-state index contributed by atoms with van der Waals surface area (Å²) in [5.41, 5.74) is 0.737. The van der Waals surface area contributed by atoms with Gasteiger partial charge in [0.05, 0.1) is 19.8 Å². The Morgan fingerprint density at radius 2 is 1.38 bits per heavy atom. The van der Waals surface area contributed by atoms with E-state index in [0.717, 1.165) is 5.56 Å². The number of ether oxygens (including phenoxy) is 1. The fourth-order valence-electron chi connectivity index (χ4n) is 1.26. The van der Waals surface area contributed by atoms with Crippen LogP contribution in [0.1, 0.15) is 5.56 Å². The van der Waals surface area contributed by atoms with Crippen LogP contribution in [0.25, 0.3) is 0 Å². The maximum absolute atomic E-state index is 10.5. The second-order valence-corrected chi connectivity index (χ2v) is 6.03. The topological polar surface area (TPSA) is 136 Å². The Hall–Kier alpha value is -1.08. The highest BCUT2D eigenvalue weighted by molar-refractivity contribution is 7.81. The standard InChI is InChI=1S/C10H14O9S2/c11-20(12,13)18-7-10(8-19-21(14,15)16)17-6-9-4-2-1-3-5-9/h1-5,10H,6-8H2,(H,11,12,13)(H,14,15,16). The van der Waals surface area contributed by atoms with Crippen LogP contribution in [-0.4, -0.2) is 45.3 Å². The third-order valence-corrected chi connectivity index (χ3v) is 3.00. The summed E-state index contributed by atoms with van der Waals surface area (Å²) in [5.74, 6) is 0. The summed E-state index contributed by atoms with van der Waals surface area (Å²) in [6.45, 7) is -1.34. The summed E-state index contributed by atoms with van der Waals surface area (Å²) in [6.07, 6.45) is -1.14. The zero-order chi connectivity index (χ0) is 15.9. The van der Waals surface area contributed by atoms with E-state index in [9.17, 15) is 16.8 Å². The second kappa shape index (κ2) is 7.79. The first-order valence-electron chi connectivity index (χ1n) is 5.55. The number of benzene rings is 1. The quantitative estimate of drug-likeness (QED) is 0.603. The second-order valence-electron chi connectivity index (χ2n) is 3.84. The predicted molar refractivity (Wildman–Crippen MR) is 70.0 cm³/mol. The molecule has 2 N–H and O–H groups in total. The van der Waals surface area contributed by atoms with Gasteiger partial charge >= 0.3 is 20.8 Å². The van der Waals surface area contributed by atoms with Gasteiger partial charge in [0.1, 0.15) is 6.10 Å². The SMILES string of the molecule is O=S(=O)(O)OCC(COS(=O)(=O)O)OCc1ccccc1. The molecule has 0 saturated carbocycles. The van der Waals surface area contributed by atoms with Crippen LogP contribution in [0.4, 0.5) is 0 Å². The first-order chi connectivity index (χ1) is 9.66. The highest BCUT2D eigenvalue weighted by Crippen LogP contribution is 2.06. The van der Waals surface area contributed by atoms with Crippen molar-refractivity contribution in [1.82, 2.24) is 0 Å². The summed E-state index contributed by atoms with van der Waals surface area (Å²) in [6, 6.07) is 8.73. The lowest BCUT2D eigenvalue weighted by atomic mass is 10.2. The minimum atomic E-state index is -4.70. The van der Waals surface area contributed by atoms with E-state index < -0.39 is 40.1 Å². The fraction of sp³-hybridized carbons (Fsp3) is 0.400. The summed E-state index contributed by atoms with van der Waals surface area (Å²) in [5, 5.41) is 0. The number of hydrogen-bond donors (Lipinski definition) is 2. The Bertz CT molecular complexity index is 588. The molecular weight excluding hydrogens is 328 g/mol. The molecule has 1 aromatic carbocycles. The molecule has 0 aliphatic heterocycles. The van der Waals surface area contributed by atoms with Gasteiger partial charge in [-0.1, -0.05) is 30.3 Å². The van der Waals surface area contributed by atoms with Gasteiger partial charge in [-0.05, 0) is 5.56 Å². The Balaban J connectivity index is 2.58. The molecule has 11 heteroatoms. The van der Waals surface area contributed by atoms with Crippen LogP contribution in [0.5, 0.6) is 0 Å². The average molecular weight is 342 g/mol. The molecule has 1 rings (SSSR count). The van der Waals surface area contributed by atoms with Crippen molar-refractivity contribution in [3.05, 3.63) is 35.9 Å². The zero-order valence-corrected chi connectivity index (χ0v) is 12.3. The van der Waals surface area contributed by atoms with E-state index in [1.165, 1.54) is 0 Å². The van der Waals surface area contributed by atoms with Gasteiger partial charge < -0.3 is 4.74 Å². The molecular formula is C10H14O9S2. The van der Waals surface area contributed by atoms with Crippen LogP contribution in [0.3, 0.4) is 0 Å². The molecule has 0 bridgehead atoms. The first-order valence-corrected chi connectivity index (χ1v) is 8.28. The highest BCUT2D eigenvalue weighted by Gasteiger charge is 2.18. The van der Waals surface area contributed by atoms with Gasteiger partial charge in [0.25, 0.3) is 0 Å². The van der Waals surface area contributed by atoms with Gasteiger partial charge in [0.15, 0.2) is 0 Å². The lowest BCUT2D eigenvalue weighted by molar-refractivity contribution is -0.0181. The fourth-order valence-corrected chi connectivity index (χ4v) is 1.90. The maximum Gasteiger partial charge on any atom is 0.397 e. The molecule has 120 valence electrons. The Kier molecular flexibility index (Phi) is 6.67. The third-order valence-electron chi connectivity index (χ3n) is 2.13. The van der Waals surface area contributed by atoms with Crippen molar-refractivity contribution in [2.24, 2.45) is 0 Å². The first kappa shape index (κ1) is 18.0. The monoisotopic (exact) mass is 342 g/mol. The Labute approximate surface area is 122 Å². The molecule has 0 fully saturated rings. The largest absolute Gasteiger partial charge is 0.397 e. The van der Waals surface area contributed by atoms with Crippen LogP contribution >= 0.6 is 0 Å². The smallest absolute Gasteiger partial charge is 0.369 e. The molecule has 21 heavy (non-hydrogen) atoms. The van der Waals surface area contributed by atoms with Crippen LogP contribution in [-0.2, 0) is 40.5 Å². The van der Waals surface area contributed by atoms with E-state index in [2.05, 4.69) is 8.37 Å². The van der Waals surface area contributed by atoms with Gasteiger partial charge in [-0.15, -0.1) is 0 Å². The van der Waals surface area contributed by atoms with Crippen molar-refractivity contribution in [3.63, 3.8) is 0 Å². The molecule has 0 heterocycles. The van der Waals surface area contributed by atoms with Gasteiger partial charge in [0.2, 0.25) is 0 Å². The summed E-state index contributed by atoms with van der Waals surface area (Å²) in [4.78, 5) is 0. The summed E-state index contributed by atoms with van der Waals surface area (Å²) >= 11 is 0. The third kappa shape index (κ3) is 9.47. The van der Waals surface area contributed by atoms with Crippen molar-refractivity contribution < 1.29 is 39.0 Å². The lowest BCUT2D eigenvalue weighted by Crippen LogP contribution is -2.28. The molecule has 0 atom stereocenters. The minimum Gasteiger partial charge on any atom is -0.369 e. The Morgan fingerprint density at radius 1 is 0.905 bits per heavy atom. The molecule has 1 aromatic rings. The average Bonchev–Trinajstić information content (AvgIpc) is 2.36. The van der Waals surface area contributed by atoms with E-state index in [-0.39, 0.29) is 6.61 Å². The van der Waals surface area contributed by atoms with Crippen molar-refractivity contribution in [2.75, 3.05) is 13.2 Å². The summed E-state index contributed by atoms with van der Waals surface area (Å²) in [7, 11) is -9.41. The van der Waals surface area contributed by atoms with Crippen molar-refractivity contribution in [2.45, 2.75) is 12.7 Å². The molecule has 9 nitrogen and oxygen atoms in total. The molecule has 0 aliphatic rings. The van der Waals surface area contributed by atoms with Gasteiger partial charge in [-0.3, -0.25) is 9.11 Å².